The summed E-state index contributed by atoms with van der Waals surface area (Å²) in [5, 5.41) is 8.56. The molecule has 3 heteroatoms. The molecule has 0 unspecified atom stereocenters. The molecule has 0 spiro atoms. The molecule has 0 bridgehead atoms. The number of hydrogen-bond acceptors (Lipinski definition) is 2. The molecular formula is C5H6N2O. The van der Waals surface area contributed by atoms with Gasteiger partial charge in [-0.2, -0.15) is 0 Å². The van der Waals surface area contributed by atoms with Crippen molar-refractivity contribution in [3.8, 4) is 11.8 Å². The minimum Gasteiger partial charge on any atom is -0.348 e. The summed E-state index contributed by atoms with van der Waals surface area (Å²) in [6.45, 7) is 0.137. The van der Waals surface area contributed by atoms with Gasteiger partial charge in [0.15, 0.2) is 0 Å². The van der Waals surface area contributed by atoms with Crippen LogP contribution in [0.15, 0.2) is 0 Å². The third-order valence-electron chi connectivity index (χ3n) is 0.423. The van der Waals surface area contributed by atoms with E-state index in [2.05, 4.69) is 17.2 Å². The summed E-state index contributed by atoms with van der Waals surface area (Å²) in [6, 6.07) is 0. The van der Waals surface area contributed by atoms with Gasteiger partial charge in [-0.25, -0.2) is 0 Å². The summed E-state index contributed by atoms with van der Waals surface area (Å²) in [5.74, 6) is 4.72. The van der Waals surface area contributed by atoms with Crippen LogP contribution in [0.3, 0.4) is 0 Å². The number of rotatable bonds is 1. The van der Waals surface area contributed by atoms with Gasteiger partial charge in [-0.3, -0.25) is 10.2 Å². The number of carbonyl (C=O) groups excluding carboxylic acids is 1. The van der Waals surface area contributed by atoms with Crippen molar-refractivity contribution in [1.29, 1.82) is 5.41 Å². The summed E-state index contributed by atoms with van der Waals surface area (Å²) in [4.78, 5) is 9.84. The lowest BCUT2D eigenvalue weighted by Gasteiger charge is -1.80. The van der Waals surface area contributed by atoms with E-state index >= 15 is 0 Å². The van der Waals surface area contributed by atoms with Crippen molar-refractivity contribution in [3.63, 3.8) is 0 Å². The van der Waals surface area contributed by atoms with E-state index in [4.69, 9.17) is 6.78 Å². The highest BCUT2D eigenvalue weighted by Gasteiger charge is 1.66. The average Bonchev–Trinajstić information content (AvgIpc) is 1.80. The SMILES string of the molecule is [2H]C(=O)NCC#CC=N. The lowest BCUT2D eigenvalue weighted by molar-refractivity contribution is -0.109. The van der Waals surface area contributed by atoms with Crippen molar-refractivity contribution in [2.24, 2.45) is 0 Å². The van der Waals surface area contributed by atoms with E-state index in [0.717, 1.165) is 6.21 Å². The maximum absolute atomic E-state index is 9.84. The van der Waals surface area contributed by atoms with Crippen LogP contribution in [0.1, 0.15) is 1.37 Å². The number of hydrogen-bond donors (Lipinski definition) is 2. The topological polar surface area (TPSA) is 53.0 Å². The van der Waals surface area contributed by atoms with Gasteiger partial charge in [0, 0.05) is 0 Å². The van der Waals surface area contributed by atoms with Crippen molar-refractivity contribution < 1.29 is 6.17 Å². The number of amides is 1. The van der Waals surface area contributed by atoms with E-state index in [-0.39, 0.29) is 6.54 Å². The van der Waals surface area contributed by atoms with E-state index in [1.807, 2.05) is 0 Å². The first kappa shape index (κ1) is 4.85. The molecule has 0 atom stereocenters. The van der Waals surface area contributed by atoms with Gasteiger partial charge in [0.25, 0.3) is 0 Å². The molecule has 0 aromatic heterocycles. The predicted octanol–water partition coefficient (Wildman–Crippen LogP) is -0.615. The lowest BCUT2D eigenvalue weighted by atomic mass is 10.6. The Balaban J connectivity index is 3.29. The molecule has 1 amide bonds. The standard InChI is InChI=1S/C5H6N2O/c6-3-1-2-4-7-5-8/h3,5-6H,4H2,(H,7,8)/i5D. The maximum atomic E-state index is 9.84. The Morgan fingerprint density at radius 2 is 2.75 bits per heavy atom. The highest BCUT2D eigenvalue weighted by molar-refractivity contribution is 5.75. The Morgan fingerprint density at radius 1 is 2.00 bits per heavy atom. The fourth-order valence-corrected chi connectivity index (χ4v) is 0.182. The molecule has 0 radical (unpaired) electrons. The van der Waals surface area contributed by atoms with Gasteiger partial charge in [-0.05, 0) is 0 Å². The Morgan fingerprint density at radius 3 is 3.25 bits per heavy atom. The summed E-state index contributed by atoms with van der Waals surface area (Å²) >= 11 is 0. The van der Waals surface area contributed by atoms with Gasteiger partial charge in [-0.15, -0.1) is 0 Å². The van der Waals surface area contributed by atoms with Crippen LogP contribution in [0, 0.1) is 17.3 Å². The highest BCUT2D eigenvalue weighted by Crippen LogP contribution is 1.47. The first-order chi connectivity index (χ1) is 4.27. The molecule has 0 aliphatic heterocycles. The lowest BCUT2D eigenvalue weighted by Crippen LogP contribution is -2.09. The third-order valence-corrected chi connectivity index (χ3v) is 0.423. The molecule has 0 aromatic rings. The molecule has 0 rings (SSSR count). The summed E-state index contributed by atoms with van der Waals surface area (Å²) in [6.07, 6.45) is 0.0742. The first-order valence-electron chi connectivity index (χ1n) is 2.49. The monoisotopic (exact) mass is 111 g/mol. The van der Waals surface area contributed by atoms with Crippen LogP contribution < -0.4 is 5.32 Å². The van der Waals surface area contributed by atoms with Crippen LogP contribution in [-0.2, 0) is 4.79 Å². The molecule has 0 aliphatic carbocycles. The van der Waals surface area contributed by atoms with Crippen molar-refractivity contribution in [1.82, 2.24) is 5.32 Å². The Bertz CT molecular complexity index is 168. The molecular weight excluding hydrogens is 104 g/mol. The minimum absolute atomic E-state index is 0.137. The van der Waals surface area contributed by atoms with Crippen LogP contribution in [0.2, 0.25) is 0 Å². The smallest absolute Gasteiger partial charge is 0.207 e. The van der Waals surface area contributed by atoms with Gasteiger partial charge in [0.05, 0.1) is 12.8 Å². The van der Waals surface area contributed by atoms with Gasteiger partial charge in [0.2, 0.25) is 6.39 Å². The van der Waals surface area contributed by atoms with Crippen LogP contribution in [0.25, 0.3) is 0 Å². The average molecular weight is 111 g/mol. The zero-order valence-electron chi connectivity index (χ0n) is 5.19. The maximum Gasteiger partial charge on any atom is 0.207 e. The molecule has 42 valence electrons. The Labute approximate surface area is 49.0 Å². The van der Waals surface area contributed by atoms with E-state index < -0.39 is 6.39 Å². The van der Waals surface area contributed by atoms with E-state index in [9.17, 15) is 4.79 Å². The zero-order valence-corrected chi connectivity index (χ0v) is 4.19. The first-order valence-corrected chi connectivity index (χ1v) is 1.99. The minimum atomic E-state index is -0.853. The van der Waals surface area contributed by atoms with Gasteiger partial charge in [0.1, 0.15) is 1.37 Å². The second-order valence-corrected chi connectivity index (χ2v) is 0.921. The quantitative estimate of drug-likeness (QED) is 0.264. The third kappa shape index (κ3) is 4.70. The predicted molar refractivity (Wildman–Crippen MR) is 30.6 cm³/mol. The second-order valence-electron chi connectivity index (χ2n) is 0.921. The fraction of sp³-hybridized carbons (Fsp3) is 0.200. The van der Waals surface area contributed by atoms with Crippen molar-refractivity contribution >= 4 is 12.6 Å². The molecule has 0 aliphatic rings. The summed E-state index contributed by atoms with van der Waals surface area (Å²) in [7, 11) is 0. The summed E-state index contributed by atoms with van der Waals surface area (Å²) in [5.41, 5.74) is 0. The second kappa shape index (κ2) is 5.70. The molecule has 3 nitrogen and oxygen atoms in total. The molecule has 0 fully saturated rings. The zero-order chi connectivity index (χ0) is 7.11. The number of nitrogens with one attached hydrogen (secondary N) is 2. The molecule has 0 saturated heterocycles. The van der Waals surface area contributed by atoms with E-state index in [1.165, 1.54) is 0 Å². The van der Waals surface area contributed by atoms with Crippen molar-refractivity contribution in [2.75, 3.05) is 6.54 Å². The van der Waals surface area contributed by atoms with Gasteiger partial charge >= 0.3 is 0 Å². The fourth-order valence-electron chi connectivity index (χ4n) is 0.182. The Hall–Kier alpha value is -1.30. The van der Waals surface area contributed by atoms with Crippen molar-refractivity contribution in [2.45, 2.75) is 0 Å². The van der Waals surface area contributed by atoms with Crippen LogP contribution in [-0.4, -0.2) is 19.1 Å². The highest BCUT2D eigenvalue weighted by atomic mass is 16.1. The molecule has 0 saturated carbocycles. The van der Waals surface area contributed by atoms with E-state index in [1.54, 1.807) is 0 Å². The molecule has 0 aromatic carbocycles. The van der Waals surface area contributed by atoms with Gasteiger partial charge in [-0.1, -0.05) is 11.8 Å². The summed E-state index contributed by atoms with van der Waals surface area (Å²) < 4.78 is 6.34. The van der Waals surface area contributed by atoms with Crippen LogP contribution in [0.5, 0.6) is 0 Å². The van der Waals surface area contributed by atoms with Crippen LogP contribution in [0.4, 0.5) is 0 Å². The van der Waals surface area contributed by atoms with Gasteiger partial charge < -0.3 is 5.32 Å². The largest absolute Gasteiger partial charge is 0.348 e. The van der Waals surface area contributed by atoms with Crippen LogP contribution >= 0.6 is 0 Å². The van der Waals surface area contributed by atoms with E-state index in [0.29, 0.717) is 0 Å². The molecule has 8 heavy (non-hydrogen) atoms. The number of carbonyl (C=O) groups is 1. The Kier molecular flexibility index (Phi) is 3.46. The molecule has 2 N–H and O–H groups in total. The van der Waals surface area contributed by atoms with Crippen molar-refractivity contribution in [3.05, 3.63) is 0 Å². The molecule has 0 heterocycles. The normalized spacial score (nSPS) is 7.75.